The fourth-order valence-electron chi connectivity index (χ4n) is 2.34. The maximum Gasteiger partial charge on any atom is 0.0426 e. The topological polar surface area (TPSA) is 3.24 Å². The van der Waals surface area contributed by atoms with Crippen LogP contribution in [0.15, 0.2) is 16.6 Å². The molecule has 0 bridgehead atoms. The molecule has 1 aliphatic rings. The van der Waals surface area contributed by atoms with Gasteiger partial charge in [-0.25, -0.2) is 0 Å². The number of nitrogens with zero attached hydrogens (tertiary/aromatic N) is 1. The van der Waals surface area contributed by atoms with Gasteiger partial charge >= 0.3 is 0 Å². The van der Waals surface area contributed by atoms with Crippen molar-refractivity contribution < 1.29 is 0 Å². The molecule has 0 unspecified atom stereocenters. The SMILES string of the molecule is Cc1cc(Br)cc(C)c1N1CCCC1. The molecule has 1 aliphatic heterocycles. The first kappa shape index (κ1) is 10.0. The Labute approximate surface area is 94.2 Å². The summed E-state index contributed by atoms with van der Waals surface area (Å²) in [6.45, 7) is 6.85. The molecule has 76 valence electrons. The lowest BCUT2D eigenvalue weighted by molar-refractivity contribution is 0.949. The predicted octanol–water partition coefficient (Wildman–Crippen LogP) is 3.67. The first-order valence-corrected chi connectivity index (χ1v) is 5.99. The Balaban J connectivity index is 2.40. The number of anilines is 1. The summed E-state index contributed by atoms with van der Waals surface area (Å²) < 4.78 is 1.19. The summed E-state index contributed by atoms with van der Waals surface area (Å²) in [7, 11) is 0. The summed E-state index contributed by atoms with van der Waals surface area (Å²) in [4.78, 5) is 2.51. The molecule has 2 rings (SSSR count). The lowest BCUT2D eigenvalue weighted by atomic mass is 10.1. The van der Waals surface area contributed by atoms with Crippen molar-refractivity contribution in [3.8, 4) is 0 Å². The molecular formula is C12H16BrN. The van der Waals surface area contributed by atoms with Crippen molar-refractivity contribution in [2.24, 2.45) is 0 Å². The molecule has 0 aromatic heterocycles. The summed E-state index contributed by atoms with van der Waals surface area (Å²) in [5.74, 6) is 0. The summed E-state index contributed by atoms with van der Waals surface area (Å²) >= 11 is 3.54. The minimum absolute atomic E-state index is 1.19. The summed E-state index contributed by atoms with van der Waals surface area (Å²) in [5, 5.41) is 0. The number of aryl methyl sites for hydroxylation is 2. The largest absolute Gasteiger partial charge is 0.371 e. The maximum absolute atomic E-state index is 3.54. The van der Waals surface area contributed by atoms with Crippen molar-refractivity contribution in [2.45, 2.75) is 26.7 Å². The van der Waals surface area contributed by atoms with Gasteiger partial charge in [0.25, 0.3) is 0 Å². The molecule has 0 atom stereocenters. The van der Waals surface area contributed by atoms with Gasteiger partial charge in [-0.2, -0.15) is 0 Å². The van der Waals surface area contributed by atoms with Crippen molar-refractivity contribution in [1.29, 1.82) is 0 Å². The average Bonchev–Trinajstić information content (AvgIpc) is 2.54. The van der Waals surface area contributed by atoms with Crippen LogP contribution < -0.4 is 4.90 Å². The Morgan fingerprint density at radius 1 is 1.07 bits per heavy atom. The van der Waals surface area contributed by atoms with Crippen LogP contribution in [-0.4, -0.2) is 13.1 Å². The second-order valence-corrected chi connectivity index (χ2v) is 5.00. The minimum Gasteiger partial charge on any atom is -0.371 e. The fourth-order valence-corrected chi connectivity index (χ4v) is 3.03. The third-order valence-electron chi connectivity index (χ3n) is 2.88. The zero-order valence-electron chi connectivity index (χ0n) is 8.81. The third-order valence-corrected chi connectivity index (χ3v) is 3.34. The lowest BCUT2D eigenvalue weighted by Crippen LogP contribution is -2.19. The number of benzene rings is 1. The van der Waals surface area contributed by atoms with E-state index in [1.165, 1.54) is 47.2 Å². The smallest absolute Gasteiger partial charge is 0.0426 e. The number of hydrogen-bond donors (Lipinski definition) is 0. The predicted molar refractivity (Wildman–Crippen MR) is 65.1 cm³/mol. The molecule has 1 saturated heterocycles. The van der Waals surface area contributed by atoms with Crippen molar-refractivity contribution in [1.82, 2.24) is 0 Å². The molecule has 0 radical (unpaired) electrons. The van der Waals surface area contributed by atoms with Crippen molar-refractivity contribution in [2.75, 3.05) is 18.0 Å². The van der Waals surface area contributed by atoms with E-state index in [1.807, 2.05) is 0 Å². The molecule has 1 nitrogen and oxygen atoms in total. The first-order valence-electron chi connectivity index (χ1n) is 5.20. The second-order valence-electron chi connectivity index (χ2n) is 4.08. The Morgan fingerprint density at radius 2 is 1.57 bits per heavy atom. The van der Waals surface area contributed by atoms with E-state index in [1.54, 1.807) is 0 Å². The van der Waals surface area contributed by atoms with E-state index in [-0.39, 0.29) is 0 Å². The van der Waals surface area contributed by atoms with E-state index < -0.39 is 0 Å². The highest BCUT2D eigenvalue weighted by Gasteiger charge is 2.16. The maximum atomic E-state index is 3.54. The lowest BCUT2D eigenvalue weighted by Gasteiger charge is -2.22. The zero-order valence-corrected chi connectivity index (χ0v) is 10.4. The Bertz CT molecular complexity index is 317. The van der Waals surface area contributed by atoms with Gasteiger partial charge in [0.2, 0.25) is 0 Å². The van der Waals surface area contributed by atoms with E-state index in [0.29, 0.717) is 0 Å². The molecule has 14 heavy (non-hydrogen) atoms. The van der Waals surface area contributed by atoms with Crippen molar-refractivity contribution >= 4 is 21.6 Å². The first-order chi connectivity index (χ1) is 6.68. The van der Waals surface area contributed by atoms with E-state index >= 15 is 0 Å². The van der Waals surface area contributed by atoms with E-state index in [0.717, 1.165) is 0 Å². The summed E-state index contributed by atoms with van der Waals surface area (Å²) in [5.41, 5.74) is 4.23. The number of rotatable bonds is 1. The Hall–Kier alpha value is -0.500. The molecule has 1 aromatic carbocycles. The molecule has 0 N–H and O–H groups in total. The van der Waals surface area contributed by atoms with Crippen LogP contribution in [0, 0.1) is 13.8 Å². The van der Waals surface area contributed by atoms with Crippen LogP contribution in [0.2, 0.25) is 0 Å². The highest BCUT2D eigenvalue weighted by atomic mass is 79.9. The van der Waals surface area contributed by atoms with Gasteiger partial charge in [-0.05, 0) is 49.9 Å². The van der Waals surface area contributed by atoms with Crippen LogP contribution in [0.25, 0.3) is 0 Å². The van der Waals surface area contributed by atoms with Crippen molar-refractivity contribution in [3.63, 3.8) is 0 Å². The van der Waals surface area contributed by atoms with Crippen LogP contribution >= 0.6 is 15.9 Å². The van der Waals surface area contributed by atoms with Gasteiger partial charge < -0.3 is 4.90 Å². The molecule has 0 amide bonds. The van der Waals surface area contributed by atoms with E-state index in [4.69, 9.17) is 0 Å². The van der Waals surface area contributed by atoms with Gasteiger partial charge in [-0.15, -0.1) is 0 Å². The quantitative estimate of drug-likeness (QED) is 0.739. The van der Waals surface area contributed by atoms with Gasteiger partial charge in [-0.3, -0.25) is 0 Å². The molecule has 0 saturated carbocycles. The third kappa shape index (κ3) is 1.81. The molecule has 1 heterocycles. The molecular weight excluding hydrogens is 238 g/mol. The van der Waals surface area contributed by atoms with Crippen LogP contribution in [-0.2, 0) is 0 Å². The van der Waals surface area contributed by atoms with Gasteiger partial charge in [0, 0.05) is 23.2 Å². The summed E-state index contributed by atoms with van der Waals surface area (Å²) in [6.07, 6.45) is 2.68. The highest BCUT2D eigenvalue weighted by Crippen LogP contribution is 2.30. The summed E-state index contributed by atoms with van der Waals surface area (Å²) in [6, 6.07) is 4.42. The fraction of sp³-hybridized carbons (Fsp3) is 0.500. The number of hydrogen-bond acceptors (Lipinski definition) is 1. The van der Waals surface area contributed by atoms with Crippen LogP contribution in [0.3, 0.4) is 0 Å². The van der Waals surface area contributed by atoms with Crippen LogP contribution in [0.4, 0.5) is 5.69 Å². The zero-order chi connectivity index (χ0) is 10.1. The molecule has 1 fully saturated rings. The van der Waals surface area contributed by atoms with Crippen molar-refractivity contribution in [3.05, 3.63) is 27.7 Å². The minimum atomic E-state index is 1.19. The van der Waals surface area contributed by atoms with Gasteiger partial charge in [0.15, 0.2) is 0 Å². The Morgan fingerprint density at radius 3 is 2.07 bits per heavy atom. The number of halogens is 1. The van der Waals surface area contributed by atoms with Crippen LogP contribution in [0.5, 0.6) is 0 Å². The Kier molecular flexibility index (Phi) is 2.82. The normalized spacial score (nSPS) is 16.4. The molecule has 0 spiro atoms. The second kappa shape index (κ2) is 3.93. The molecule has 0 aliphatic carbocycles. The monoisotopic (exact) mass is 253 g/mol. The van der Waals surface area contributed by atoms with Gasteiger partial charge in [-0.1, -0.05) is 15.9 Å². The highest BCUT2D eigenvalue weighted by molar-refractivity contribution is 9.10. The van der Waals surface area contributed by atoms with Gasteiger partial charge in [0.05, 0.1) is 0 Å². The standard InChI is InChI=1S/C12H16BrN/c1-9-7-11(13)8-10(2)12(9)14-5-3-4-6-14/h7-8H,3-6H2,1-2H3. The van der Waals surface area contributed by atoms with Gasteiger partial charge in [0.1, 0.15) is 0 Å². The van der Waals surface area contributed by atoms with Crippen LogP contribution in [0.1, 0.15) is 24.0 Å². The average molecular weight is 254 g/mol. The van der Waals surface area contributed by atoms with E-state index in [9.17, 15) is 0 Å². The molecule has 2 heteroatoms. The molecule has 1 aromatic rings. The van der Waals surface area contributed by atoms with E-state index in [2.05, 4.69) is 46.8 Å².